The molecule has 1 N–H and O–H groups in total. The van der Waals surface area contributed by atoms with Gasteiger partial charge in [-0.15, -0.1) is 0 Å². The molecule has 1 unspecified atom stereocenters. The summed E-state index contributed by atoms with van der Waals surface area (Å²) in [7, 11) is 0. The first kappa shape index (κ1) is 28.1. The van der Waals surface area contributed by atoms with E-state index < -0.39 is 11.6 Å². The van der Waals surface area contributed by atoms with Gasteiger partial charge in [-0.05, 0) is 102 Å². The molecule has 1 aliphatic carbocycles. The van der Waals surface area contributed by atoms with Gasteiger partial charge in [0.15, 0.2) is 11.6 Å². The Morgan fingerprint density at radius 1 is 1.18 bits per heavy atom. The lowest BCUT2D eigenvalue weighted by Crippen LogP contribution is -2.36. The summed E-state index contributed by atoms with van der Waals surface area (Å²) in [4.78, 5) is 19.6. The van der Waals surface area contributed by atoms with Crippen molar-refractivity contribution >= 4 is 29.3 Å². The van der Waals surface area contributed by atoms with E-state index in [1.807, 2.05) is 37.6 Å². The van der Waals surface area contributed by atoms with E-state index in [0.717, 1.165) is 12.2 Å². The number of imidazole rings is 1. The number of aromatic nitrogens is 3. The molecule has 5 rings (SSSR count). The Hall–Kier alpha value is -3.46. The molecule has 1 aliphatic heterocycles. The molecule has 40 heavy (non-hydrogen) atoms. The fraction of sp³-hybridized carbons (Fsp3) is 0.484. The van der Waals surface area contributed by atoms with Crippen LogP contribution in [-0.2, 0) is 0 Å². The molecule has 1 saturated heterocycles. The first-order valence-electron chi connectivity index (χ1n) is 14.3. The van der Waals surface area contributed by atoms with Crippen molar-refractivity contribution in [3.63, 3.8) is 0 Å². The van der Waals surface area contributed by atoms with Crippen LogP contribution in [0, 0.1) is 18.7 Å². The molecule has 212 valence electrons. The fourth-order valence-corrected chi connectivity index (χ4v) is 5.98. The second-order valence-electron chi connectivity index (χ2n) is 11.3. The Kier molecular flexibility index (Phi) is 8.40. The summed E-state index contributed by atoms with van der Waals surface area (Å²) < 4.78 is 32.1. The van der Waals surface area contributed by atoms with Crippen LogP contribution < -0.4 is 5.32 Å². The van der Waals surface area contributed by atoms with Crippen molar-refractivity contribution in [1.82, 2.24) is 19.4 Å². The van der Waals surface area contributed by atoms with Crippen molar-refractivity contribution in [2.75, 3.05) is 25.1 Å². The lowest BCUT2D eigenvalue weighted by atomic mass is 9.82. The molecular weight excluding hydrogens is 508 g/mol. The predicted molar refractivity (Wildman–Crippen MR) is 159 cm³/mol. The number of halogens is 2. The van der Waals surface area contributed by atoms with Crippen LogP contribution in [0.4, 0.5) is 14.6 Å². The lowest BCUT2D eigenvalue weighted by Gasteiger charge is -2.35. The Bertz CT molecular complexity index is 1410. The van der Waals surface area contributed by atoms with Crippen molar-refractivity contribution in [2.24, 2.45) is 15.9 Å². The average Bonchev–Trinajstić information content (AvgIpc) is 3.73. The molecule has 7 nitrogen and oxygen atoms in total. The summed E-state index contributed by atoms with van der Waals surface area (Å²) in [5.41, 5.74) is 2.36. The second-order valence-corrected chi connectivity index (χ2v) is 11.3. The second kappa shape index (κ2) is 12.0. The highest BCUT2D eigenvalue weighted by atomic mass is 19.1. The van der Waals surface area contributed by atoms with Gasteiger partial charge in [0.25, 0.3) is 0 Å². The summed E-state index contributed by atoms with van der Waals surface area (Å²) in [6.07, 6.45) is 8.11. The van der Waals surface area contributed by atoms with Crippen molar-refractivity contribution in [3.05, 3.63) is 65.3 Å². The predicted octanol–water partition coefficient (Wildman–Crippen LogP) is 6.81. The molecule has 0 radical (unpaired) electrons. The minimum absolute atomic E-state index is 0.0161. The lowest BCUT2D eigenvalue weighted by molar-refractivity contribution is 0.164. The highest BCUT2D eigenvalue weighted by Crippen LogP contribution is 2.36. The number of allylic oxidation sites excluding steroid dienone is 1. The number of likely N-dealkylation sites (tertiary alicyclic amines) is 1. The van der Waals surface area contributed by atoms with Crippen LogP contribution in [0.2, 0.25) is 0 Å². The van der Waals surface area contributed by atoms with Gasteiger partial charge < -0.3 is 14.8 Å². The van der Waals surface area contributed by atoms with E-state index in [-0.39, 0.29) is 23.9 Å². The van der Waals surface area contributed by atoms with Gasteiger partial charge in [0.05, 0.1) is 11.7 Å². The van der Waals surface area contributed by atoms with Crippen LogP contribution in [0.5, 0.6) is 0 Å². The molecule has 1 aromatic carbocycles. The Morgan fingerprint density at radius 3 is 2.55 bits per heavy atom. The molecule has 2 aromatic heterocycles. The smallest absolute Gasteiger partial charge is 0.167 e. The van der Waals surface area contributed by atoms with E-state index in [1.54, 1.807) is 6.07 Å². The van der Waals surface area contributed by atoms with Crippen LogP contribution in [0.25, 0.3) is 11.0 Å². The number of anilines is 1. The van der Waals surface area contributed by atoms with Gasteiger partial charge in [-0.1, -0.05) is 13.0 Å². The number of nitrogens with zero attached hydrogens (tertiary/aromatic N) is 6. The van der Waals surface area contributed by atoms with Gasteiger partial charge in [0.2, 0.25) is 0 Å². The number of aryl methyl sites for hydroxylation is 1. The SMILES string of the molecule is C=N/C=C(F)\C(=N/CNc1ccc(C(C)C2CCN(C3CC3)CC2)cn1)c1cc(F)c2nc(C)n(C(C)C)c2c1. The normalized spacial score (nSPS) is 18.5. The van der Waals surface area contributed by atoms with Crippen molar-refractivity contribution in [1.29, 1.82) is 0 Å². The zero-order chi connectivity index (χ0) is 28.4. The molecule has 2 fully saturated rings. The Balaban J connectivity index is 1.30. The monoisotopic (exact) mass is 547 g/mol. The van der Waals surface area contributed by atoms with E-state index in [9.17, 15) is 0 Å². The summed E-state index contributed by atoms with van der Waals surface area (Å²) in [6.45, 7) is 13.9. The molecule has 1 atom stereocenters. The quantitative estimate of drug-likeness (QED) is 0.283. The van der Waals surface area contributed by atoms with Crippen molar-refractivity contribution in [2.45, 2.75) is 71.4 Å². The number of hydrogen-bond acceptors (Lipinski definition) is 6. The maximum atomic E-state index is 15.1. The van der Waals surface area contributed by atoms with Gasteiger partial charge in [-0.25, -0.2) is 18.7 Å². The van der Waals surface area contributed by atoms with Crippen molar-refractivity contribution in [3.8, 4) is 0 Å². The van der Waals surface area contributed by atoms with E-state index >= 15 is 8.78 Å². The standard InChI is InChI=1S/C31H39F2N7/c1-19(2)40-21(4)38-31-26(32)14-24(15-28(31)40)30(27(33)17-34-5)37-18-36-29-9-6-23(16-35-29)20(3)22-10-12-39(13-11-22)25-7-8-25/h6,9,14-17,19-20,22,25H,5,7-8,10-13,18H2,1-4H3,(H,35,36)/b27-17+,37-30-. The summed E-state index contributed by atoms with van der Waals surface area (Å²) in [5, 5.41) is 3.14. The maximum absolute atomic E-state index is 15.1. The number of pyridine rings is 1. The minimum Gasteiger partial charge on any atom is -0.351 e. The van der Waals surface area contributed by atoms with Crippen LogP contribution in [0.15, 0.2) is 52.5 Å². The zero-order valence-electron chi connectivity index (χ0n) is 23.9. The van der Waals surface area contributed by atoms with E-state index in [0.29, 0.717) is 34.6 Å². The first-order valence-corrected chi connectivity index (χ1v) is 14.3. The molecule has 1 saturated carbocycles. The van der Waals surface area contributed by atoms with Crippen LogP contribution in [0.1, 0.15) is 75.4 Å². The number of piperidine rings is 1. The molecule has 3 heterocycles. The third kappa shape index (κ3) is 5.99. The average molecular weight is 548 g/mol. The van der Waals surface area contributed by atoms with Gasteiger partial charge in [0, 0.05) is 23.8 Å². The number of benzene rings is 1. The van der Waals surface area contributed by atoms with Crippen LogP contribution >= 0.6 is 0 Å². The van der Waals surface area contributed by atoms with Crippen LogP contribution in [0.3, 0.4) is 0 Å². The number of rotatable bonds is 10. The van der Waals surface area contributed by atoms with Crippen LogP contribution in [-0.4, -0.2) is 57.7 Å². The molecule has 0 bridgehead atoms. The first-order chi connectivity index (χ1) is 19.3. The number of aliphatic imine (C=N–C) groups is 2. The summed E-state index contributed by atoms with van der Waals surface area (Å²) in [6, 6.07) is 7.93. The van der Waals surface area contributed by atoms with E-state index in [4.69, 9.17) is 0 Å². The van der Waals surface area contributed by atoms with Gasteiger partial charge in [-0.2, -0.15) is 0 Å². The largest absolute Gasteiger partial charge is 0.351 e. The van der Waals surface area contributed by atoms with Gasteiger partial charge >= 0.3 is 0 Å². The molecule has 0 spiro atoms. The number of fused-ring (bicyclic) bond motifs is 1. The molecule has 0 amide bonds. The molecule has 3 aromatic rings. The molecule has 9 heteroatoms. The Labute approximate surface area is 235 Å². The van der Waals surface area contributed by atoms with Gasteiger partial charge in [0.1, 0.15) is 29.5 Å². The fourth-order valence-electron chi connectivity index (χ4n) is 5.98. The molecular formula is C31H39F2N7. The highest BCUT2D eigenvalue weighted by Gasteiger charge is 2.33. The van der Waals surface area contributed by atoms with Gasteiger partial charge in [-0.3, -0.25) is 9.98 Å². The maximum Gasteiger partial charge on any atom is 0.167 e. The third-order valence-electron chi connectivity index (χ3n) is 8.30. The Morgan fingerprint density at radius 2 is 1.93 bits per heavy atom. The highest BCUT2D eigenvalue weighted by molar-refractivity contribution is 6.12. The van der Waals surface area contributed by atoms with E-state index in [1.165, 1.54) is 50.4 Å². The number of hydrogen-bond donors (Lipinski definition) is 1. The zero-order valence-corrected chi connectivity index (χ0v) is 23.9. The van der Waals surface area contributed by atoms with Crippen molar-refractivity contribution < 1.29 is 8.78 Å². The van der Waals surface area contributed by atoms with E-state index in [2.05, 4.69) is 49.9 Å². The number of nitrogens with one attached hydrogen (secondary N) is 1. The minimum atomic E-state index is -0.701. The third-order valence-corrected chi connectivity index (χ3v) is 8.30. The topological polar surface area (TPSA) is 70.7 Å². The molecule has 2 aliphatic rings. The summed E-state index contributed by atoms with van der Waals surface area (Å²) >= 11 is 0. The summed E-state index contributed by atoms with van der Waals surface area (Å²) in [5.74, 6) is 1.23.